The minimum Gasteiger partial charge on any atom is -0.321 e. The highest BCUT2D eigenvalue weighted by Crippen LogP contribution is 2.16. The van der Waals surface area contributed by atoms with Crippen molar-refractivity contribution < 1.29 is 9.59 Å². The zero-order valence-corrected chi connectivity index (χ0v) is 17.7. The van der Waals surface area contributed by atoms with Crippen LogP contribution in [0.2, 0.25) is 0 Å². The number of carbonyl (C=O) groups is 2. The van der Waals surface area contributed by atoms with Crippen molar-refractivity contribution in [2.75, 3.05) is 5.32 Å². The van der Waals surface area contributed by atoms with Crippen LogP contribution in [0.3, 0.4) is 0 Å². The van der Waals surface area contributed by atoms with E-state index in [2.05, 4.69) is 47.5 Å². The van der Waals surface area contributed by atoms with Crippen LogP contribution in [0.15, 0.2) is 87.7 Å². The van der Waals surface area contributed by atoms with Crippen molar-refractivity contribution in [3.05, 3.63) is 98.8 Å². The SMILES string of the molecule is O=C(Nc1ccc(Br)cc1)/C(=C/c1cccnc1)NC(=O)c1cccc(Br)c1. The first kappa shape index (κ1) is 20.0. The van der Waals surface area contributed by atoms with Crippen molar-refractivity contribution in [3.63, 3.8) is 0 Å². The maximum atomic E-state index is 12.8. The molecule has 0 aliphatic rings. The molecule has 2 aromatic carbocycles. The number of aromatic nitrogens is 1. The fraction of sp³-hybridized carbons (Fsp3) is 0. The van der Waals surface area contributed by atoms with Crippen molar-refractivity contribution in [3.8, 4) is 0 Å². The molecule has 0 aliphatic carbocycles. The van der Waals surface area contributed by atoms with Crippen LogP contribution in [0.1, 0.15) is 15.9 Å². The van der Waals surface area contributed by atoms with Crippen LogP contribution in [0, 0.1) is 0 Å². The van der Waals surface area contributed by atoms with Crippen LogP contribution in [0.4, 0.5) is 5.69 Å². The monoisotopic (exact) mass is 499 g/mol. The molecule has 0 fully saturated rings. The molecule has 28 heavy (non-hydrogen) atoms. The zero-order chi connectivity index (χ0) is 19.9. The summed E-state index contributed by atoms with van der Waals surface area (Å²) in [7, 11) is 0. The van der Waals surface area contributed by atoms with Gasteiger partial charge in [0.05, 0.1) is 0 Å². The fourth-order valence-corrected chi connectivity index (χ4v) is 3.01. The van der Waals surface area contributed by atoms with E-state index < -0.39 is 5.91 Å². The Balaban J connectivity index is 1.86. The van der Waals surface area contributed by atoms with Crippen molar-refractivity contribution in [1.29, 1.82) is 0 Å². The number of nitrogens with zero attached hydrogens (tertiary/aromatic N) is 1. The summed E-state index contributed by atoms with van der Waals surface area (Å²) in [6, 6.07) is 17.7. The van der Waals surface area contributed by atoms with Gasteiger partial charge in [-0.2, -0.15) is 0 Å². The molecule has 0 bridgehead atoms. The lowest BCUT2D eigenvalue weighted by Gasteiger charge is -2.11. The molecule has 0 aliphatic heterocycles. The van der Waals surface area contributed by atoms with Crippen LogP contribution in [0.25, 0.3) is 6.08 Å². The van der Waals surface area contributed by atoms with Gasteiger partial charge in [0.15, 0.2) is 0 Å². The predicted octanol–water partition coefficient (Wildman–Crippen LogP) is 5.02. The number of nitrogens with one attached hydrogen (secondary N) is 2. The minimum absolute atomic E-state index is 0.112. The van der Waals surface area contributed by atoms with Gasteiger partial charge in [0.2, 0.25) is 0 Å². The number of anilines is 1. The molecule has 1 aromatic heterocycles. The van der Waals surface area contributed by atoms with E-state index in [1.54, 1.807) is 60.9 Å². The molecule has 0 saturated carbocycles. The number of carbonyl (C=O) groups excluding carboxylic acids is 2. The van der Waals surface area contributed by atoms with Crippen LogP contribution in [-0.4, -0.2) is 16.8 Å². The third kappa shape index (κ3) is 5.61. The minimum atomic E-state index is -0.436. The number of hydrogen-bond donors (Lipinski definition) is 2. The highest BCUT2D eigenvalue weighted by Gasteiger charge is 2.15. The lowest BCUT2D eigenvalue weighted by molar-refractivity contribution is -0.113. The van der Waals surface area contributed by atoms with Gasteiger partial charge in [0, 0.05) is 32.6 Å². The van der Waals surface area contributed by atoms with Gasteiger partial charge in [-0.3, -0.25) is 14.6 Å². The lowest BCUT2D eigenvalue weighted by Crippen LogP contribution is -2.30. The van der Waals surface area contributed by atoms with E-state index in [1.807, 2.05) is 18.2 Å². The normalized spacial score (nSPS) is 11.0. The molecule has 7 heteroatoms. The third-order valence-corrected chi connectivity index (χ3v) is 4.70. The number of amides is 2. The average molecular weight is 501 g/mol. The average Bonchev–Trinajstić information content (AvgIpc) is 2.70. The topological polar surface area (TPSA) is 71.1 Å². The zero-order valence-electron chi connectivity index (χ0n) is 14.5. The Morgan fingerprint density at radius 2 is 1.71 bits per heavy atom. The van der Waals surface area contributed by atoms with Crippen molar-refractivity contribution >= 4 is 55.4 Å². The molecule has 0 atom stereocenters. The Morgan fingerprint density at radius 1 is 0.929 bits per heavy atom. The Kier molecular flexibility index (Phi) is 6.73. The van der Waals surface area contributed by atoms with E-state index >= 15 is 0 Å². The first-order valence-electron chi connectivity index (χ1n) is 8.27. The summed E-state index contributed by atoms with van der Waals surface area (Å²) < 4.78 is 1.68. The van der Waals surface area contributed by atoms with E-state index in [-0.39, 0.29) is 11.6 Å². The molecular weight excluding hydrogens is 486 g/mol. The molecule has 0 unspecified atom stereocenters. The van der Waals surface area contributed by atoms with Crippen molar-refractivity contribution in [1.82, 2.24) is 10.3 Å². The summed E-state index contributed by atoms with van der Waals surface area (Å²) in [5.74, 6) is -0.822. The molecule has 3 rings (SSSR count). The Bertz CT molecular complexity index is 1020. The van der Waals surface area contributed by atoms with E-state index in [1.165, 1.54) is 0 Å². The fourth-order valence-electron chi connectivity index (χ4n) is 2.34. The summed E-state index contributed by atoms with van der Waals surface area (Å²) in [5, 5.41) is 5.48. The number of benzene rings is 2. The summed E-state index contributed by atoms with van der Waals surface area (Å²) in [6.07, 6.45) is 4.83. The largest absolute Gasteiger partial charge is 0.321 e. The second-order valence-corrected chi connectivity index (χ2v) is 7.60. The van der Waals surface area contributed by atoms with Gasteiger partial charge >= 0.3 is 0 Å². The van der Waals surface area contributed by atoms with Gasteiger partial charge in [-0.1, -0.05) is 44.0 Å². The van der Waals surface area contributed by atoms with Gasteiger partial charge in [-0.05, 0) is 60.2 Å². The predicted molar refractivity (Wildman–Crippen MR) is 117 cm³/mol. The van der Waals surface area contributed by atoms with E-state index in [9.17, 15) is 9.59 Å². The number of rotatable bonds is 5. The molecule has 1 heterocycles. The Labute approximate surface area is 179 Å². The van der Waals surface area contributed by atoms with E-state index in [0.717, 1.165) is 8.95 Å². The molecule has 0 spiro atoms. The quantitative estimate of drug-likeness (QED) is 0.483. The van der Waals surface area contributed by atoms with Crippen LogP contribution < -0.4 is 10.6 Å². The van der Waals surface area contributed by atoms with E-state index in [4.69, 9.17) is 0 Å². The van der Waals surface area contributed by atoms with Crippen LogP contribution >= 0.6 is 31.9 Å². The second-order valence-electron chi connectivity index (χ2n) is 5.77. The molecule has 140 valence electrons. The van der Waals surface area contributed by atoms with Crippen LogP contribution in [-0.2, 0) is 4.79 Å². The molecule has 2 N–H and O–H groups in total. The van der Waals surface area contributed by atoms with Gasteiger partial charge in [-0.15, -0.1) is 0 Å². The number of hydrogen-bond acceptors (Lipinski definition) is 3. The first-order valence-corrected chi connectivity index (χ1v) is 9.85. The molecule has 5 nitrogen and oxygen atoms in total. The summed E-state index contributed by atoms with van der Waals surface area (Å²) in [5.41, 5.74) is 1.85. The molecular formula is C21H15Br2N3O2. The second kappa shape index (κ2) is 9.43. The van der Waals surface area contributed by atoms with Gasteiger partial charge < -0.3 is 10.6 Å². The lowest BCUT2D eigenvalue weighted by atomic mass is 10.2. The first-order chi connectivity index (χ1) is 13.5. The van der Waals surface area contributed by atoms with Crippen molar-refractivity contribution in [2.24, 2.45) is 0 Å². The Hall–Kier alpha value is -2.77. The van der Waals surface area contributed by atoms with Gasteiger partial charge in [0.1, 0.15) is 5.70 Å². The standard InChI is InChI=1S/C21H15Br2N3O2/c22-16-6-8-18(9-7-16)25-21(28)19(11-14-3-2-10-24-13-14)26-20(27)15-4-1-5-17(23)12-15/h1-13H,(H,25,28)(H,26,27)/b19-11-. The maximum Gasteiger partial charge on any atom is 0.272 e. The van der Waals surface area contributed by atoms with Gasteiger partial charge in [-0.25, -0.2) is 0 Å². The molecule has 3 aromatic rings. The smallest absolute Gasteiger partial charge is 0.272 e. The summed E-state index contributed by atoms with van der Waals surface area (Å²) >= 11 is 6.70. The van der Waals surface area contributed by atoms with Crippen LogP contribution in [0.5, 0.6) is 0 Å². The number of pyridine rings is 1. The van der Waals surface area contributed by atoms with E-state index in [0.29, 0.717) is 16.8 Å². The number of halogens is 2. The molecule has 2 amide bonds. The third-order valence-electron chi connectivity index (χ3n) is 3.68. The summed E-state index contributed by atoms with van der Waals surface area (Å²) in [6.45, 7) is 0. The Morgan fingerprint density at radius 3 is 2.39 bits per heavy atom. The molecule has 0 radical (unpaired) electrons. The van der Waals surface area contributed by atoms with Gasteiger partial charge in [0.25, 0.3) is 11.8 Å². The van der Waals surface area contributed by atoms with Crippen molar-refractivity contribution in [2.45, 2.75) is 0 Å². The maximum absolute atomic E-state index is 12.8. The highest BCUT2D eigenvalue weighted by molar-refractivity contribution is 9.10. The summed E-state index contributed by atoms with van der Waals surface area (Å²) in [4.78, 5) is 29.5. The highest BCUT2D eigenvalue weighted by atomic mass is 79.9. The molecule has 0 saturated heterocycles.